The highest BCUT2D eigenvalue weighted by atomic mass is 16.2. The van der Waals surface area contributed by atoms with Gasteiger partial charge in [-0.3, -0.25) is 19.3 Å². The minimum atomic E-state index is -0.317. The van der Waals surface area contributed by atoms with E-state index in [0.29, 0.717) is 42.7 Å². The SMILES string of the molecule is CCCN(CCC)C(=O)c1ccc2c(c1)C(=O)N(CCc1ccccc1)C2=O. The zero-order valence-corrected chi connectivity index (χ0v) is 16.5. The lowest BCUT2D eigenvalue weighted by molar-refractivity contribution is 0.0655. The molecule has 0 aromatic heterocycles. The number of imide groups is 1. The first-order chi connectivity index (χ1) is 13.6. The van der Waals surface area contributed by atoms with Gasteiger partial charge >= 0.3 is 0 Å². The van der Waals surface area contributed by atoms with E-state index in [9.17, 15) is 14.4 Å². The van der Waals surface area contributed by atoms with E-state index in [2.05, 4.69) is 0 Å². The summed E-state index contributed by atoms with van der Waals surface area (Å²) in [6.07, 6.45) is 2.36. The summed E-state index contributed by atoms with van der Waals surface area (Å²) in [7, 11) is 0. The van der Waals surface area contributed by atoms with Gasteiger partial charge in [0.1, 0.15) is 0 Å². The van der Waals surface area contributed by atoms with E-state index < -0.39 is 0 Å². The summed E-state index contributed by atoms with van der Waals surface area (Å²) in [6, 6.07) is 14.6. The van der Waals surface area contributed by atoms with Crippen molar-refractivity contribution in [2.75, 3.05) is 19.6 Å². The van der Waals surface area contributed by atoms with Crippen LogP contribution in [0.4, 0.5) is 0 Å². The van der Waals surface area contributed by atoms with E-state index in [1.165, 1.54) is 4.90 Å². The Balaban J connectivity index is 1.78. The molecular weight excluding hydrogens is 352 g/mol. The van der Waals surface area contributed by atoms with Gasteiger partial charge < -0.3 is 4.90 Å². The number of benzene rings is 2. The van der Waals surface area contributed by atoms with Crippen molar-refractivity contribution >= 4 is 17.7 Å². The summed E-state index contributed by atoms with van der Waals surface area (Å²) >= 11 is 0. The van der Waals surface area contributed by atoms with Gasteiger partial charge in [-0.2, -0.15) is 0 Å². The van der Waals surface area contributed by atoms with Crippen LogP contribution in [0, 0.1) is 0 Å². The lowest BCUT2D eigenvalue weighted by Crippen LogP contribution is -2.32. The maximum Gasteiger partial charge on any atom is 0.261 e. The molecule has 0 atom stereocenters. The Hall–Kier alpha value is -2.95. The van der Waals surface area contributed by atoms with Gasteiger partial charge in [0.2, 0.25) is 0 Å². The summed E-state index contributed by atoms with van der Waals surface area (Å²) in [4.78, 5) is 41.4. The van der Waals surface area contributed by atoms with Crippen molar-refractivity contribution in [3.05, 3.63) is 70.8 Å². The summed E-state index contributed by atoms with van der Waals surface area (Å²) in [6.45, 7) is 5.76. The molecule has 0 saturated heterocycles. The zero-order chi connectivity index (χ0) is 20.1. The van der Waals surface area contributed by atoms with Crippen molar-refractivity contribution in [1.29, 1.82) is 0 Å². The first-order valence-corrected chi connectivity index (χ1v) is 9.90. The number of carbonyl (C=O) groups is 3. The molecule has 2 aromatic carbocycles. The van der Waals surface area contributed by atoms with Crippen molar-refractivity contribution in [1.82, 2.24) is 9.80 Å². The van der Waals surface area contributed by atoms with Gasteiger partial charge in [0.05, 0.1) is 11.1 Å². The van der Waals surface area contributed by atoms with Gasteiger partial charge in [0.15, 0.2) is 0 Å². The van der Waals surface area contributed by atoms with Gasteiger partial charge in [-0.25, -0.2) is 0 Å². The molecule has 5 nitrogen and oxygen atoms in total. The average molecular weight is 378 g/mol. The molecule has 0 bridgehead atoms. The van der Waals surface area contributed by atoms with Gasteiger partial charge in [0, 0.05) is 25.2 Å². The molecule has 146 valence electrons. The third-order valence-electron chi connectivity index (χ3n) is 4.96. The first kappa shape index (κ1) is 19.8. The van der Waals surface area contributed by atoms with Gasteiger partial charge in [0.25, 0.3) is 17.7 Å². The Kier molecular flexibility index (Phi) is 6.24. The highest BCUT2D eigenvalue weighted by Crippen LogP contribution is 2.25. The quantitative estimate of drug-likeness (QED) is 0.657. The average Bonchev–Trinajstić information content (AvgIpc) is 2.96. The molecule has 1 heterocycles. The normalized spacial score (nSPS) is 13.0. The number of hydrogen-bond acceptors (Lipinski definition) is 3. The van der Waals surface area contributed by atoms with E-state index in [-0.39, 0.29) is 17.7 Å². The van der Waals surface area contributed by atoms with E-state index >= 15 is 0 Å². The molecule has 0 N–H and O–H groups in total. The van der Waals surface area contributed by atoms with Crippen LogP contribution in [0.3, 0.4) is 0 Å². The molecule has 0 aliphatic carbocycles. The highest BCUT2D eigenvalue weighted by Gasteiger charge is 2.35. The Morgan fingerprint density at radius 2 is 1.54 bits per heavy atom. The minimum Gasteiger partial charge on any atom is -0.339 e. The monoisotopic (exact) mass is 378 g/mol. The Morgan fingerprint density at radius 3 is 2.18 bits per heavy atom. The van der Waals surface area contributed by atoms with Crippen LogP contribution in [0.25, 0.3) is 0 Å². The largest absolute Gasteiger partial charge is 0.339 e. The molecule has 2 aromatic rings. The fraction of sp³-hybridized carbons (Fsp3) is 0.348. The Bertz CT molecular complexity index is 871. The molecular formula is C23H26N2O3. The molecule has 0 unspecified atom stereocenters. The third-order valence-corrected chi connectivity index (χ3v) is 4.96. The molecule has 0 spiro atoms. The van der Waals surface area contributed by atoms with Crippen LogP contribution in [0.2, 0.25) is 0 Å². The van der Waals surface area contributed by atoms with Gasteiger partial charge in [-0.05, 0) is 43.0 Å². The Labute approximate surface area is 166 Å². The molecule has 3 amide bonds. The van der Waals surface area contributed by atoms with E-state index in [1.807, 2.05) is 44.2 Å². The lowest BCUT2D eigenvalue weighted by atomic mass is 10.0. The minimum absolute atomic E-state index is 0.0884. The summed E-state index contributed by atoms with van der Waals surface area (Å²) in [5.74, 6) is -0.688. The third kappa shape index (κ3) is 3.98. The van der Waals surface area contributed by atoms with Crippen molar-refractivity contribution in [3.8, 4) is 0 Å². The van der Waals surface area contributed by atoms with Crippen LogP contribution < -0.4 is 0 Å². The lowest BCUT2D eigenvalue weighted by Gasteiger charge is -2.21. The number of nitrogens with zero attached hydrogens (tertiary/aromatic N) is 2. The van der Waals surface area contributed by atoms with Crippen molar-refractivity contribution in [3.63, 3.8) is 0 Å². The zero-order valence-electron chi connectivity index (χ0n) is 16.5. The molecule has 28 heavy (non-hydrogen) atoms. The number of amides is 3. The number of carbonyl (C=O) groups excluding carboxylic acids is 3. The fourth-order valence-electron chi connectivity index (χ4n) is 3.55. The summed E-state index contributed by atoms with van der Waals surface area (Å²) in [5, 5.41) is 0. The maximum absolute atomic E-state index is 12.8. The maximum atomic E-state index is 12.8. The second-order valence-corrected chi connectivity index (χ2v) is 7.05. The van der Waals surface area contributed by atoms with Crippen LogP contribution in [0.1, 0.15) is 63.3 Å². The molecule has 3 rings (SSSR count). The molecule has 0 saturated carbocycles. The topological polar surface area (TPSA) is 57.7 Å². The molecule has 0 fully saturated rings. The predicted molar refractivity (Wildman–Crippen MR) is 108 cm³/mol. The molecule has 1 aliphatic heterocycles. The van der Waals surface area contributed by atoms with Crippen molar-refractivity contribution in [2.24, 2.45) is 0 Å². The van der Waals surface area contributed by atoms with E-state index in [4.69, 9.17) is 0 Å². The second kappa shape index (κ2) is 8.83. The fourth-order valence-corrected chi connectivity index (χ4v) is 3.55. The standard InChI is InChI=1S/C23H26N2O3/c1-3-13-24(14-4-2)21(26)18-10-11-19-20(16-18)23(28)25(22(19)27)15-12-17-8-6-5-7-9-17/h5-11,16H,3-4,12-15H2,1-2H3. The Morgan fingerprint density at radius 1 is 0.893 bits per heavy atom. The van der Waals surface area contributed by atoms with Crippen molar-refractivity contribution < 1.29 is 14.4 Å². The summed E-state index contributed by atoms with van der Waals surface area (Å²) < 4.78 is 0. The van der Waals surface area contributed by atoms with E-state index in [1.54, 1.807) is 23.1 Å². The van der Waals surface area contributed by atoms with Gasteiger partial charge in [-0.1, -0.05) is 44.2 Å². The van der Waals surface area contributed by atoms with Crippen molar-refractivity contribution in [2.45, 2.75) is 33.1 Å². The molecule has 0 radical (unpaired) electrons. The second-order valence-electron chi connectivity index (χ2n) is 7.05. The molecule has 5 heteroatoms. The smallest absolute Gasteiger partial charge is 0.261 e. The number of rotatable bonds is 8. The summed E-state index contributed by atoms with van der Waals surface area (Å²) in [5.41, 5.74) is 2.25. The molecule has 1 aliphatic rings. The number of hydrogen-bond donors (Lipinski definition) is 0. The van der Waals surface area contributed by atoms with Crippen LogP contribution >= 0.6 is 0 Å². The van der Waals surface area contributed by atoms with Gasteiger partial charge in [-0.15, -0.1) is 0 Å². The van der Waals surface area contributed by atoms with Crippen LogP contribution in [0.5, 0.6) is 0 Å². The van der Waals surface area contributed by atoms with Crippen LogP contribution in [0.15, 0.2) is 48.5 Å². The predicted octanol–water partition coefficient (Wildman–Crippen LogP) is 3.79. The first-order valence-electron chi connectivity index (χ1n) is 9.90. The number of fused-ring (bicyclic) bond motifs is 1. The highest BCUT2D eigenvalue weighted by molar-refractivity contribution is 6.22. The van der Waals surface area contributed by atoms with Crippen LogP contribution in [-0.4, -0.2) is 47.2 Å². The van der Waals surface area contributed by atoms with Crippen LogP contribution in [-0.2, 0) is 6.42 Å². The van der Waals surface area contributed by atoms with E-state index in [0.717, 1.165) is 18.4 Å².